The first-order chi connectivity index (χ1) is 9.11. The molecule has 19 heavy (non-hydrogen) atoms. The first-order valence-corrected chi connectivity index (χ1v) is 6.36. The highest BCUT2D eigenvalue weighted by Crippen LogP contribution is 2.29. The minimum absolute atomic E-state index is 0.325. The number of halogens is 2. The summed E-state index contributed by atoms with van der Waals surface area (Å²) in [4.78, 5) is 0. The third-order valence-corrected chi connectivity index (χ3v) is 3.49. The van der Waals surface area contributed by atoms with E-state index >= 15 is 0 Å². The Balaban J connectivity index is 2.10. The quantitative estimate of drug-likeness (QED) is 0.862. The van der Waals surface area contributed by atoms with Crippen molar-refractivity contribution in [3.8, 4) is 11.5 Å². The van der Waals surface area contributed by atoms with Crippen LogP contribution in [0.3, 0.4) is 0 Å². The predicted molar refractivity (Wildman–Crippen MR) is 78.2 cm³/mol. The summed E-state index contributed by atoms with van der Waals surface area (Å²) in [5.74, 6) is 1.27. The van der Waals surface area contributed by atoms with Crippen molar-refractivity contribution in [3.05, 3.63) is 52.0 Å². The molecule has 0 heterocycles. The van der Waals surface area contributed by atoms with Crippen molar-refractivity contribution in [1.82, 2.24) is 0 Å². The van der Waals surface area contributed by atoms with Gasteiger partial charge in [0.2, 0.25) is 0 Å². The SMILES string of the molecule is COc1ccc(OCc2cccc(Cl)c2Cl)cc1N. The molecule has 2 aromatic rings. The second-order valence-corrected chi connectivity index (χ2v) is 4.69. The molecule has 0 saturated carbocycles. The third-order valence-electron chi connectivity index (χ3n) is 2.63. The Morgan fingerprint density at radius 2 is 1.95 bits per heavy atom. The highest BCUT2D eigenvalue weighted by molar-refractivity contribution is 6.42. The van der Waals surface area contributed by atoms with E-state index in [4.69, 9.17) is 38.4 Å². The largest absolute Gasteiger partial charge is 0.495 e. The maximum Gasteiger partial charge on any atom is 0.142 e. The molecule has 2 rings (SSSR count). The van der Waals surface area contributed by atoms with Crippen molar-refractivity contribution in [1.29, 1.82) is 0 Å². The van der Waals surface area contributed by atoms with Crippen LogP contribution in [0.1, 0.15) is 5.56 Å². The van der Waals surface area contributed by atoms with Gasteiger partial charge in [-0.15, -0.1) is 0 Å². The van der Waals surface area contributed by atoms with Crippen molar-refractivity contribution >= 4 is 28.9 Å². The molecule has 0 aliphatic carbocycles. The lowest BCUT2D eigenvalue weighted by atomic mass is 10.2. The van der Waals surface area contributed by atoms with Crippen molar-refractivity contribution in [2.45, 2.75) is 6.61 Å². The Labute approximate surface area is 121 Å². The third kappa shape index (κ3) is 3.25. The molecule has 0 aromatic heterocycles. The lowest BCUT2D eigenvalue weighted by Crippen LogP contribution is -1.98. The summed E-state index contributed by atoms with van der Waals surface area (Å²) in [5, 5.41) is 1.02. The molecule has 0 fully saturated rings. The molecular formula is C14H13Cl2NO2. The first kappa shape index (κ1) is 13.8. The molecule has 0 amide bonds. The van der Waals surface area contributed by atoms with Crippen LogP contribution < -0.4 is 15.2 Å². The fourth-order valence-electron chi connectivity index (χ4n) is 1.62. The van der Waals surface area contributed by atoms with Crippen LogP contribution in [0.4, 0.5) is 5.69 Å². The van der Waals surface area contributed by atoms with Crippen molar-refractivity contribution in [2.75, 3.05) is 12.8 Å². The van der Waals surface area contributed by atoms with Crippen molar-refractivity contribution in [2.24, 2.45) is 0 Å². The summed E-state index contributed by atoms with van der Waals surface area (Å²) >= 11 is 12.0. The summed E-state index contributed by atoms with van der Waals surface area (Å²) in [7, 11) is 1.57. The van der Waals surface area contributed by atoms with Crippen molar-refractivity contribution in [3.63, 3.8) is 0 Å². The van der Waals surface area contributed by atoms with Gasteiger partial charge in [-0.3, -0.25) is 0 Å². The van der Waals surface area contributed by atoms with E-state index in [1.807, 2.05) is 12.1 Å². The number of hydrogen-bond acceptors (Lipinski definition) is 3. The molecular weight excluding hydrogens is 285 g/mol. The summed E-state index contributed by atoms with van der Waals surface area (Å²) < 4.78 is 10.7. The molecule has 0 spiro atoms. The van der Waals surface area contributed by atoms with Crippen LogP contribution in [0.25, 0.3) is 0 Å². The molecule has 2 aromatic carbocycles. The van der Waals surface area contributed by atoms with Gasteiger partial charge in [0.15, 0.2) is 0 Å². The Morgan fingerprint density at radius 3 is 2.63 bits per heavy atom. The van der Waals surface area contributed by atoms with Gasteiger partial charge in [-0.25, -0.2) is 0 Å². The molecule has 0 radical (unpaired) electrons. The van der Waals surface area contributed by atoms with Crippen LogP contribution in [-0.2, 0) is 6.61 Å². The molecule has 0 aliphatic heterocycles. The second kappa shape index (κ2) is 6.04. The molecule has 0 unspecified atom stereocenters. The smallest absolute Gasteiger partial charge is 0.142 e. The van der Waals surface area contributed by atoms with Gasteiger partial charge in [0.1, 0.15) is 18.1 Å². The predicted octanol–water partition coefficient (Wildman–Crippen LogP) is 4.16. The van der Waals surface area contributed by atoms with Gasteiger partial charge in [-0.1, -0.05) is 35.3 Å². The van der Waals surface area contributed by atoms with E-state index in [2.05, 4.69) is 0 Å². The molecule has 5 heteroatoms. The first-order valence-electron chi connectivity index (χ1n) is 5.61. The van der Waals surface area contributed by atoms with Crippen LogP contribution >= 0.6 is 23.2 Å². The number of anilines is 1. The number of nitrogen functional groups attached to an aromatic ring is 1. The Bertz CT molecular complexity index is 588. The maximum atomic E-state index is 6.08. The van der Waals surface area contributed by atoms with E-state index in [0.717, 1.165) is 5.56 Å². The van der Waals surface area contributed by atoms with Crippen LogP contribution in [0, 0.1) is 0 Å². The number of hydrogen-bond donors (Lipinski definition) is 1. The van der Waals surface area contributed by atoms with Crippen LogP contribution in [0.15, 0.2) is 36.4 Å². The number of benzene rings is 2. The number of ether oxygens (including phenoxy) is 2. The number of methoxy groups -OCH3 is 1. The number of nitrogens with two attached hydrogens (primary N) is 1. The lowest BCUT2D eigenvalue weighted by molar-refractivity contribution is 0.306. The molecule has 100 valence electrons. The summed E-state index contributed by atoms with van der Waals surface area (Å²) in [5.41, 5.74) is 7.15. The molecule has 0 bridgehead atoms. The minimum Gasteiger partial charge on any atom is -0.495 e. The van der Waals surface area contributed by atoms with E-state index in [9.17, 15) is 0 Å². The zero-order chi connectivity index (χ0) is 13.8. The summed E-state index contributed by atoms with van der Waals surface area (Å²) in [6, 6.07) is 10.7. The maximum absolute atomic E-state index is 6.08. The monoisotopic (exact) mass is 297 g/mol. The second-order valence-electron chi connectivity index (χ2n) is 3.91. The van der Waals surface area contributed by atoms with Crippen LogP contribution in [-0.4, -0.2) is 7.11 Å². The van der Waals surface area contributed by atoms with Crippen LogP contribution in [0.5, 0.6) is 11.5 Å². The lowest BCUT2D eigenvalue weighted by Gasteiger charge is -2.10. The molecule has 0 atom stereocenters. The highest BCUT2D eigenvalue weighted by Gasteiger charge is 2.06. The minimum atomic E-state index is 0.325. The van der Waals surface area contributed by atoms with Crippen molar-refractivity contribution < 1.29 is 9.47 Å². The standard InChI is InChI=1S/C14H13Cl2NO2/c1-18-13-6-5-10(7-12(13)17)19-8-9-3-2-4-11(15)14(9)16/h2-7H,8,17H2,1H3. The summed E-state index contributed by atoms with van der Waals surface area (Å²) in [6.45, 7) is 0.325. The molecule has 3 nitrogen and oxygen atoms in total. The molecule has 0 aliphatic rings. The Hall–Kier alpha value is -1.58. The van der Waals surface area contributed by atoms with Gasteiger partial charge in [-0.05, 0) is 18.2 Å². The van der Waals surface area contributed by atoms with Gasteiger partial charge in [0, 0.05) is 11.6 Å². The van der Waals surface area contributed by atoms with Crippen LogP contribution in [0.2, 0.25) is 10.0 Å². The summed E-state index contributed by atoms with van der Waals surface area (Å²) in [6.07, 6.45) is 0. The molecule has 0 saturated heterocycles. The van der Waals surface area contributed by atoms with Gasteiger partial charge < -0.3 is 15.2 Å². The van der Waals surface area contributed by atoms with E-state index in [0.29, 0.717) is 33.8 Å². The van der Waals surface area contributed by atoms with Gasteiger partial charge >= 0.3 is 0 Å². The normalized spacial score (nSPS) is 10.3. The Kier molecular flexibility index (Phi) is 4.40. The van der Waals surface area contributed by atoms with E-state index in [1.165, 1.54) is 0 Å². The topological polar surface area (TPSA) is 44.5 Å². The van der Waals surface area contributed by atoms with E-state index in [-0.39, 0.29) is 0 Å². The van der Waals surface area contributed by atoms with Gasteiger partial charge in [0.25, 0.3) is 0 Å². The fourth-order valence-corrected chi connectivity index (χ4v) is 2.00. The van der Waals surface area contributed by atoms with Gasteiger partial charge in [0.05, 0.1) is 22.8 Å². The van der Waals surface area contributed by atoms with E-state index in [1.54, 1.807) is 31.4 Å². The zero-order valence-corrected chi connectivity index (χ0v) is 11.8. The average molecular weight is 298 g/mol. The zero-order valence-electron chi connectivity index (χ0n) is 10.3. The van der Waals surface area contributed by atoms with E-state index < -0.39 is 0 Å². The fraction of sp³-hybridized carbons (Fsp3) is 0.143. The molecule has 2 N–H and O–H groups in total. The highest BCUT2D eigenvalue weighted by atomic mass is 35.5. The number of rotatable bonds is 4. The Morgan fingerprint density at radius 1 is 1.16 bits per heavy atom. The van der Waals surface area contributed by atoms with Gasteiger partial charge in [-0.2, -0.15) is 0 Å². The average Bonchev–Trinajstić information content (AvgIpc) is 2.40.